The van der Waals surface area contributed by atoms with Crippen molar-refractivity contribution in [3.05, 3.63) is 0 Å². The molecule has 1 saturated heterocycles. The van der Waals surface area contributed by atoms with Crippen molar-refractivity contribution in [3.8, 4) is 0 Å². The van der Waals surface area contributed by atoms with Gasteiger partial charge in [0.15, 0.2) is 0 Å². The zero-order valence-electron chi connectivity index (χ0n) is 11.3. The van der Waals surface area contributed by atoms with Crippen molar-refractivity contribution in [2.75, 3.05) is 19.7 Å². The lowest BCUT2D eigenvalue weighted by Gasteiger charge is -2.31. The van der Waals surface area contributed by atoms with Crippen molar-refractivity contribution in [2.45, 2.75) is 63.5 Å². The number of amides is 1. The van der Waals surface area contributed by atoms with E-state index in [1.54, 1.807) is 0 Å². The smallest absolute Gasteiger partial charge is 0.225 e. The van der Waals surface area contributed by atoms with Crippen LogP contribution in [0.25, 0.3) is 0 Å². The van der Waals surface area contributed by atoms with Crippen LogP contribution in [0.3, 0.4) is 0 Å². The molecule has 0 aromatic heterocycles. The van der Waals surface area contributed by atoms with Crippen LogP contribution in [0.5, 0.6) is 0 Å². The maximum atomic E-state index is 12.4. The first-order valence-corrected chi connectivity index (χ1v) is 7.42. The van der Waals surface area contributed by atoms with E-state index in [1.165, 1.54) is 19.3 Å². The number of hydrogen-bond donors (Lipinski definition) is 1. The lowest BCUT2D eigenvalue weighted by Crippen LogP contribution is -2.43. The fourth-order valence-electron chi connectivity index (χ4n) is 3.15. The average Bonchev–Trinajstić information content (AvgIpc) is 2.90. The topological polar surface area (TPSA) is 55.6 Å². The van der Waals surface area contributed by atoms with Crippen LogP contribution in [0.2, 0.25) is 0 Å². The van der Waals surface area contributed by atoms with Crippen LogP contribution >= 0.6 is 0 Å². The molecule has 1 aliphatic carbocycles. The van der Waals surface area contributed by atoms with Gasteiger partial charge in [-0.05, 0) is 32.1 Å². The molecular weight excluding hydrogens is 228 g/mol. The zero-order valence-corrected chi connectivity index (χ0v) is 11.3. The van der Waals surface area contributed by atoms with E-state index in [0.29, 0.717) is 25.6 Å². The molecule has 18 heavy (non-hydrogen) atoms. The summed E-state index contributed by atoms with van der Waals surface area (Å²) in [7, 11) is 0. The first kappa shape index (κ1) is 13.8. The molecule has 104 valence electrons. The van der Waals surface area contributed by atoms with Gasteiger partial charge in [-0.1, -0.05) is 12.8 Å². The lowest BCUT2D eigenvalue weighted by atomic mass is 10.0. The molecule has 4 nitrogen and oxygen atoms in total. The Morgan fingerprint density at radius 2 is 1.89 bits per heavy atom. The van der Waals surface area contributed by atoms with Crippen LogP contribution < -0.4 is 5.73 Å². The van der Waals surface area contributed by atoms with Gasteiger partial charge in [-0.25, -0.2) is 0 Å². The third-order valence-corrected chi connectivity index (χ3v) is 4.13. The highest BCUT2D eigenvalue weighted by Crippen LogP contribution is 2.25. The molecule has 1 saturated carbocycles. The van der Waals surface area contributed by atoms with Crippen LogP contribution in [0, 0.1) is 0 Å². The fraction of sp³-hybridized carbons (Fsp3) is 0.929. The lowest BCUT2D eigenvalue weighted by molar-refractivity contribution is -0.137. The SMILES string of the molecule is NCCN(C(=O)CC1CCCCO1)C1CCCC1. The second-order valence-electron chi connectivity index (χ2n) is 5.51. The van der Waals surface area contributed by atoms with E-state index >= 15 is 0 Å². The molecule has 1 unspecified atom stereocenters. The third-order valence-electron chi connectivity index (χ3n) is 4.13. The van der Waals surface area contributed by atoms with Crippen LogP contribution in [-0.4, -0.2) is 42.6 Å². The number of rotatable bonds is 5. The van der Waals surface area contributed by atoms with E-state index in [-0.39, 0.29) is 12.0 Å². The molecule has 2 N–H and O–H groups in total. The van der Waals surface area contributed by atoms with Crippen molar-refractivity contribution >= 4 is 5.91 Å². The predicted molar refractivity (Wildman–Crippen MR) is 71.2 cm³/mol. The summed E-state index contributed by atoms with van der Waals surface area (Å²) in [6.07, 6.45) is 8.86. The number of nitrogens with zero attached hydrogens (tertiary/aromatic N) is 1. The average molecular weight is 254 g/mol. The van der Waals surface area contributed by atoms with Gasteiger partial charge in [0.05, 0.1) is 12.5 Å². The summed E-state index contributed by atoms with van der Waals surface area (Å²) in [6, 6.07) is 0.435. The maximum Gasteiger partial charge on any atom is 0.225 e. The molecule has 2 fully saturated rings. The van der Waals surface area contributed by atoms with Crippen molar-refractivity contribution in [2.24, 2.45) is 5.73 Å². The molecule has 0 spiro atoms. The van der Waals surface area contributed by atoms with Gasteiger partial charge >= 0.3 is 0 Å². The molecule has 1 amide bonds. The largest absolute Gasteiger partial charge is 0.378 e. The summed E-state index contributed by atoms with van der Waals surface area (Å²) in [6.45, 7) is 2.09. The monoisotopic (exact) mass is 254 g/mol. The van der Waals surface area contributed by atoms with Crippen LogP contribution in [0.1, 0.15) is 51.4 Å². The van der Waals surface area contributed by atoms with Gasteiger partial charge in [0.1, 0.15) is 0 Å². The van der Waals surface area contributed by atoms with Gasteiger partial charge in [-0.3, -0.25) is 4.79 Å². The Morgan fingerprint density at radius 1 is 1.17 bits per heavy atom. The van der Waals surface area contributed by atoms with E-state index in [2.05, 4.69) is 0 Å². The van der Waals surface area contributed by atoms with Crippen LogP contribution in [-0.2, 0) is 9.53 Å². The van der Waals surface area contributed by atoms with Crippen molar-refractivity contribution < 1.29 is 9.53 Å². The number of carbonyl (C=O) groups excluding carboxylic acids is 1. The molecule has 2 rings (SSSR count). The minimum atomic E-state index is 0.146. The second kappa shape index (κ2) is 7.10. The first-order chi connectivity index (χ1) is 8.81. The highest BCUT2D eigenvalue weighted by molar-refractivity contribution is 5.77. The zero-order chi connectivity index (χ0) is 12.8. The van der Waals surface area contributed by atoms with Gasteiger partial charge in [0, 0.05) is 25.7 Å². The molecule has 0 aromatic rings. The Balaban J connectivity index is 1.85. The first-order valence-electron chi connectivity index (χ1n) is 7.42. The van der Waals surface area contributed by atoms with Gasteiger partial charge < -0.3 is 15.4 Å². The quantitative estimate of drug-likeness (QED) is 0.812. The van der Waals surface area contributed by atoms with Gasteiger partial charge in [-0.2, -0.15) is 0 Å². The molecule has 0 radical (unpaired) electrons. The van der Waals surface area contributed by atoms with Crippen molar-refractivity contribution in [1.29, 1.82) is 0 Å². The Kier molecular flexibility index (Phi) is 5.45. The van der Waals surface area contributed by atoms with Gasteiger partial charge in [0.2, 0.25) is 5.91 Å². The standard InChI is InChI=1S/C14H26N2O2/c15-8-9-16(12-5-1-2-6-12)14(17)11-13-7-3-4-10-18-13/h12-13H,1-11,15H2. The Morgan fingerprint density at radius 3 is 2.50 bits per heavy atom. The Hall–Kier alpha value is -0.610. The normalized spacial score (nSPS) is 25.3. The van der Waals surface area contributed by atoms with E-state index in [9.17, 15) is 4.79 Å². The number of hydrogen-bond acceptors (Lipinski definition) is 3. The van der Waals surface area contributed by atoms with Crippen LogP contribution in [0.15, 0.2) is 0 Å². The molecule has 1 heterocycles. The molecule has 0 aromatic carbocycles. The summed E-state index contributed by atoms with van der Waals surface area (Å²) in [5.74, 6) is 0.249. The minimum absolute atomic E-state index is 0.146. The van der Waals surface area contributed by atoms with Crippen molar-refractivity contribution in [1.82, 2.24) is 4.90 Å². The maximum absolute atomic E-state index is 12.4. The fourth-order valence-corrected chi connectivity index (χ4v) is 3.15. The Labute approximate surface area is 110 Å². The van der Waals surface area contributed by atoms with Crippen LogP contribution in [0.4, 0.5) is 0 Å². The number of ether oxygens (including phenoxy) is 1. The minimum Gasteiger partial charge on any atom is -0.378 e. The molecular formula is C14H26N2O2. The molecule has 0 bridgehead atoms. The molecule has 4 heteroatoms. The summed E-state index contributed by atoms with van der Waals surface area (Å²) in [4.78, 5) is 14.4. The molecule has 1 aliphatic heterocycles. The summed E-state index contributed by atoms with van der Waals surface area (Å²) < 4.78 is 5.66. The predicted octanol–water partition coefficient (Wildman–Crippen LogP) is 1.68. The van der Waals surface area contributed by atoms with E-state index in [4.69, 9.17) is 10.5 Å². The van der Waals surface area contributed by atoms with E-state index in [0.717, 1.165) is 32.3 Å². The third kappa shape index (κ3) is 3.69. The molecule has 2 aliphatic rings. The van der Waals surface area contributed by atoms with Gasteiger partial charge in [0.25, 0.3) is 0 Å². The Bertz CT molecular complexity index is 259. The number of nitrogens with two attached hydrogens (primary N) is 1. The highest BCUT2D eigenvalue weighted by Gasteiger charge is 2.28. The summed E-state index contributed by atoms with van der Waals surface area (Å²) >= 11 is 0. The van der Waals surface area contributed by atoms with E-state index in [1.807, 2.05) is 4.90 Å². The summed E-state index contributed by atoms with van der Waals surface area (Å²) in [5.41, 5.74) is 5.64. The van der Waals surface area contributed by atoms with Crippen molar-refractivity contribution in [3.63, 3.8) is 0 Å². The summed E-state index contributed by atoms with van der Waals surface area (Å²) in [5, 5.41) is 0. The second-order valence-corrected chi connectivity index (χ2v) is 5.51. The molecule has 1 atom stereocenters. The van der Waals surface area contributed by atoms with Gasteiger partial charge in [-0.15, -0.1) is 0 Å². The number of carbonyl (C=O) groups is 1. The van der Waals surface area contributed by atoms with E-state index < -0.39 is 0 Å². The highest BCUT2D eigenvalue weighted by atomic mass is 16.5.